The molecule has 0 aromatic heterocycles. The van der Waals surface area contributed by atoms with Crippen molar-refractivity contribution in [3.8, 4) is 0 Å². The lowest BCUT2D eigenvalue weighted by molar-refractivity contribution is 0.0448. The van der Waals surface area contributed by atoms with E-state index in [9.17, 15) is 9.59 Å². The van der Waals surface area contributed by atoms with Crippen molar-refractivity contribution in [1.82, 2.24) is 14.7 Å². The summed E-state index contributed by atoms with van der Waals surface area (Å²) in [5.74, 6) is -0.309. The van der Waals surface area contributed by atoms with Gasteiger partial charge in [-0.15, -0.1) is 0 Å². The van der Waals surface area contributed by atoms with Crippen molar-refractivity contribution in [1.29, 1.82) is 0 Å². The largest absolute Gasteiger partial charge is 0.367 e. The Bertz CT molecular complexity index is 1100. The molecule has 0 atom stereocenters. The molecule has 2 aliphatic heterocycles. The van der Waals surface area contributed by atoms with Gasteiger partial charge in [-0.3, -0.25) is 19.4 Å². The van der Waals surface area contributed by atoms with Crippen LogP contribution in [-0.4, -0.2) is 78.9 Å². The highest BCUT2D eigenvalue weighted by Crippen LogP contribution is 2.26. The molecule has 2 heterocycles. The predicted molar refractivity (Wildman–Crippen MR) is 145 cm³/mol. The monoisotopic (exact) mass is 497 g/mol. The Morgan fingerprint density at radius 3 is 1.59 bits per heavy atom. The van der Waals surface area contributed by atoms with E-state index in [0.29, 0.717) is 24.3 Å². The molecule has 1 fully saturated rings. The first kappa shape index (κ1) is 25.3. The number of unbranched alkanes of at least 4 members (excludes halogenated alkanes) is 1. The van der Waals surface area contributed by atoms with Crippen LogP contribution in [0.15, 0.2) is 84.9 Å². The summed E-state index contributed by atoms with van der Waals surface area (Å²) in [7, 11) is 0. The third-order valence-corrected chi connectivity index (χ3v) is 7.35. The number of piperazine rings is 1. The number of rotatable bonds is 11. The number of nitrogens with zero attached hydrogens (tertiary/aromatic N) is 3. The second-order valence-electron chi connectivity index (χ2n) is 9.77. The minimum atomic E-state index is -0.154. The molecule has 3 aromatic rings. The third-order valence-electron chi connectivity index (χ3n) is 7.35. The summed E-state index contributed by atoms with van der Waals surface area (Å²) in [6.07, 6.45) is 1.76. The van der Waals surface area contributed by atoms with Gasteiger partial charge in [0, 0.05) is 39.3 Å². The predicted octanol–water partition coefficient (Wildman–Crippen LogP) is 4.49. The Balaban J connectivity index is 1.01. The second-order valence-corrected chi connectivity index (χ2v) is 9.77. The third kappa shape index (κ3) is 6.16. The van der Waals surface area contributed by atoms with Crippen LogP contribution in [0.25, 0.3) is 0 Å². The first-order valence-electron chi connectivity index (χ1n) is 13.3. The van der Waals surface area contributed by atoms with E-state index in [1.165, 1.54) is 16.0 Å². The van der Waals surface area contributed by atoms with Crippen molar-refractivity contribution >= 4 is 11.8 Å². The fourth-order valence-corrected chi connectivity index (χ4v) is 5.22. The summed E-state index contributed by atoms with van der Waals surface area (Å²) in [5.41, 5.74) is 3.43. The van der Waals surface area contributed by atoms with Crippen LogP contribution in [0.4, 0.5) is 0 Å². The molecule has 0 bridgehead atoms. The Hall–Kier alpha value is -3.32. The lowest BCUT2D eigenvalue weighted by Crippen LogP contribution is -2.47. The van der Waals surface area contributed by atoms with Gasteiger partial charge < -0.3 is 9.64 Å². The van der Waals surface area contributed by atoms with Crippen molar-refractivity contribution in [2.75, 3.05) is 52.4 Å². The van der Waals surface area contributed by atoms with E-state index < -0.39 is 0 Å². The molecule has 0 spiro atoms. The zero-order chi connectivity index (χ0) is 25.5. The van der Waals surface area contributed by atoms with Crippen LogP contribution in [-0.2, 0) is 4.74 Å². The molecule has 0 N–H and O–H groups in total. The van der Waals surface area contributed by atoms with E-state index >= 15 is 0 Å². The van der Waals surface area contributed by atoms with E-state index in [1.54, 1.807) is 12.1 Å². The van der Waals surface area contributed by atoms with E-state index in [-0.39, 0.29) is 17.9 Å². The maximum Gasteiger partial charge on any atom is 0.261 e. The summed E-state index contributed by atoms with van der Waals surface area (Å²) < 4.78 is 6.40. The Kier molecular flexibility index (Phi) is 8.41. The van der Waals surface area contributed by atoms with Crippen LogP contribution in [0.5, 0.6) is 0 Å². The van der Waals surface area contributed by atoms with Crippen molar-refractivity contribution in [2.24, 2.45) is 0 Å². The summed E-state index contributed by atoms with van der Waals surface area (Å²) >= 11 is 0. The van der Waals surface area contributed by atoms with E-state index in [4.69, 9.17) is 4.74 Å². The summed E-state index contributed by atoms with van der Waals surface area (Å²) in [5, 5.41) is 0. The van der Waals surface area contributed by atoms with Crippen LogP contribution in [0.3, 0.4) is 0 Å². The number of fused-ring (bicyclic) bond motifs is 1. The van der Waals surface area contributed by atoms with Gasteiger partial charge in [0.25, 0.3) is 11.8 Å². The molecular weight excluding hydrogens is 462 g/mol. The average molecular weight is 498 g/mol. The molecule has 3 aromatic carbocycles. The molecule has 0 unspecified atom stereocenters. The first-order chi connectivity index (χ1) is 18.2. The van der Waals surface area contributed by atoms with Gasteiger partial charge in [0.15, 0.2) is 0 Å². The van der Waals surface area contributed by atoms with Crippen molar-refractivity contribution in [2.45, 2.75) is 18.9 Å². The minimum Gasteiger partial charge on any atom is -0.367 e. The Morgan fingerprint density at radius 1 is 0.595 bits per heavy atom. The average Bonchev–Trinajstić information content (AvgIpc) is 3.20. The van der Waals surface area contributed by atoms with Crippen LogP contribution in [0, 0.1) is 0 Å². The molecule has 192 valence electrons. The summed E-state index contributed by atoms with van der Waals surface area (Å²) in [6.45, 7) is 7.23. The number of hydrogen-bond acceptors (Lipinski definition) is 5. The Labute approximate surface area is 219 Å². The molecule has 0 saturated carbocycles. The number of benzene rings is 3. The van der Waals surface area contributed by atoms with E-state index in [2.05, 4.69) is 58.3 Å². The van der Waals surface area contributed by atoms with Gasteiger partial charge >= 0.3 is 0 Å². The van der Waals surface area contributed by atoms with Gasteiger partial charge in [-0.2, -0.15) is 0 Å². The van der Waals surface area contributed by atoms with Gasteiger partial charge in [0.2, 0.25) is 0 Å². The van der Waals surface area contributed by atoms with Crippen molar-refractivity contribution in [3.63, 3.8) is 0 Å². The number of carbonyl (C=O) groups is 2. The second kappa shape index (κ2) is 12.3. The van der Waals surface area contributed by atoms with E-state index in [0.717, 1.165) is 52.1 Å². The van der Waals surface area contributed by atoms with Crippen LogP contribution < -0.4 is 0 Å². The highest BCUT2D eigenvalue weighted by molar-refractivity contribution is 6.21. The van der Waals surface area contributed by atoms with Crippen molar-refractivity contribution < 1.29 is 14.3 Å². The molecule has 2 aliphatic rings. The Morgan fingerprint density at radius 2 is 1.05 bits per heavy atom. The van der Waals surface area contributed by atoms with Gasteiger partial charge in [-0.05, 0) is 42.6 Å². The summed E-state index contributed by atoms with van der Waals surface area (Å²) in [6, 6.07) is 27.9. The quantitative estimate of drug-likeness (QED) is 0.289. The lowest BCUT2D eigenvalue weighted by atomic mass is 10.0. The highest BCUT2D eigenvalue weighted by Gasteiger charge is 2.34. The minimum absolute atomic E-state index is 0.0501. The highest BCUT2D eigenvalue weighted by atomic mass is 16.5. The van der Waals surface area contributed by atoms with Gasteiger partial charge in [-0.25, -0.2) is 0 Å². The van der Waals surface area contributed by atoms with Crippen LogP contribution in [0.2, 0.25) is 0 Å². The molecule has 0 radical (unpaired) electrons. The number of carbonyl (C=O) groups excluding carboxylic acids is 2. The molecule has 6 nitrogen and oxygen atoms in total. The van der Waals surface area contributed by atoms with Gasteiger partial charge in [-0.1, -0.05) is 72.8 Å². The number of ether oxygens (including phenoxy) is 1. The first-order valence-corrected chi connectivity index (χ1v) is 13.3. The molecule has 1 saturated heterocycles. The lowest BCUT2D eigenvalue weighted by Gasteiger charge is -2.35. The number of imide groups is 1. The molecular formula is C31H35N3O3. The summed E-state index contributed by atoms with van der Waals surface area (Å²) in [4.78, 5) is 31.4. The molecule has 5 rings (SSSR count). The van der Waals surface area contributed by atoms with E-state index in [1.807, 2.05) is 24.3 Å². The SMILES string of the molecule is O=C1c2ccccc2C(=O)N1CCCCN1CCN(CCOC(c2ccccc2)c2ccccc2)CC1. The maximum absolute atomic E-state index is 12.5. The topological polar surface area (TPSA) is 53.1 Å². The van der Waals surface area contributed by atoms with Gasteiger partial charge in [0.05, 0.1) is 17.7 Å². The fraction of sp³-hybridized carbons (Fsp3) is 0.355. The van der Waals surface area contributed by atoms with Crippen LogP contribution in [0.1, 0.15) is 50.8 Å². The maximum atomic E-state index is 12.5. The molecule has 37 heavy (non-hydrogen) atoms. The number of hydrogen-bond donors (Lipinski definition) is 0. The zero-order valence-corrected chi connectivity index (χ0v) is 21.3. The van der Waals surface area contributed by atoms with Crippen LogP contribution >= 0.6 is 0 Å². The number of amides is 2. The normalized spacial score (nSPS) is 16.5. The standard InChI is InChI=1S/C31H35N3O3/c35-30-27-15-7-8-16-28(27)31(36)34(30)18-10-9-17-32-19-21-33(22-20-32)23-24-37-29(25-11-3-1-4-12-25)26-13-5-2-6-14-26/h1-8,11-16,29H,9-10,17-24H2. The smallest absolute Gasteiger partial charge is 0.261 e. The molecule has 6 heteroatoms. The molecule has 0 aliphatic carbocycles. The van der Waals surface area contributed by atoms with Gasteiger partial charge in [0.1, 0.15) is 6.10 Å². The zero-order valence-electron chi connectivity index (χ0n) is 21.3. The molecule has 2 amide bonds. The fourth-order valence-electron chi connectivity index (χ4n) is 5.22. The van der Waals surface area contributed by atoms with Crippen molar-refractivity contribution in [3.05, 3.63) is 107 Å².